The van der Waals surface area contributed by atoms with Gasteiger partial charge in [-0.15, -0.1) is 0 Å². The minimum Gasteiger partial charge on any atom is -0.323 e. The number of aromatic nitrogens is 2. The number of halogens is 1. The summed E-state index contributed by atoms with van der Waals surface area (Å²) in [4.78, 5) is 20.6. The van der Waals surface area contributed by atoms with Crippen molar-refractivity contribution in [3.63, 3.8) is 0 Å². The monoisotopic (exact) mass is 464 g/mol. The van der Waals surface area contributed by atoms with Crippen molar-refractivity contribution < 1.29 is 13.2 Å². The number of benzene rings is 3. The van der Waals surface area contributed by atoms with Crippen molar-refractivity contribution in [2.45, 2.75) is 4.90 Å². The van der Waals surface area contributed by atoms with Gasteiger partial charge in [0.25, 0.3) is 10.0 Å². The minimum atomic E-state index is -3.87. The number of rotatable bonds is 6. The zero-order chi connectivity index (χ0) is 22.6. The molecule has 1 amide bonds. The van der Waals surface area contributed by atoms with E-state index in [1.54, 1.807) is 42.5 Å². The van der Waals surface area contributed by atoms with Gasteiger partial charge in [0.05, 0.1) is 22.1 Å². The Hall–Kier alpha value is -3.75. The van der Waals surface area contributed by atoms with E-state index in [1.165, 1.54) is 36.5 Å². The molecule has 4 rings (SSSR count). The maximum Gasteiger partial charge on any atom is 0.263 e. The van der Waals surface area contributed by atoms with E-state index in [2.05, 4.69) is 20.0 Å². The van der Waals surface area contributed by atoms with Crippen molar-refractivity contribution in [1.82, 2.24) is 9.97 Å². The van der Waals surface area contributed by atoms with E-state index in [0.717, 1.165) is 5.56 Å². The van der Waals surface area contributed by atoms with Crippen LogP contribution in [0.4, 0.5) is 11.5 Å². The van der Waals surface area contributed by atoms with Gasteiger partial charge in [-0.1, -0.05) is 35.9 Å². The topological polar surface area (TPSA) is 101 Å². The third-order valence-electron chi connectivity index (χ3n) is 4.40. The molecule has 4 aromatic rings. The summed E-state index contributed by atoms with van der Waals surface area (Å²) in [5, 5.41) is 3.26. The van der Waals surface area contributed by atoms with E-state index in [0.29, 0.717) is 21.7 Å². The Balaban J connectivity index is 1.43. The molecule has 1 heterocycles. The molecule has 0 aliphatic heterocycles. The van der Waals surface area contributed by atoms with Crippen LogP contribution < -0.4 is 10.0 Å². The summed E-state index contributed by atoms with van der Waals surface area (Å²) in [6, 6.07) is 20.1. The molecule has 0 atom stereocenters. The quantitative estimate of drug-likeness (QED) is 0.401. The number of amides is 1. The number of anilines is 2. The predicted molar refractivity (Wildman–Crippen MR) is 126 cm³/mol. The lowest BCUT2D eigenvalue weighted by atomic mass is 10.2. The number of carbonyl (C=O) groups is 1. The molecule has 0 unspecified atom stereocenters. The molecule has 0 saturated carbocycles. The number of hydrogen-bond donors (Lipinski definition) is 2. The van der Waals surface area contributed by atoms with E-state index in [9.17, 15) is 13.2 Å². The first-order valence-electron chi connectivity index (χ1n) is 9.48. The predicted octanol–water partition coefficient (Wildman–Crippen LogP) is 4.74. The van der Waals surface area contributed by atoms with Gasteiger partial charge in [0, 0.05) is 16.8 Å². The van der Waals surface area contributed by atoms with Crippen LogP contribution in [0.3, 0.4) is 0 Å². The van der Waals surface area contributed by atoms with Crippen molar-refractivity contribution >= 4 is 56.1 Å². The molecular weight excluding hydrogens is 448 g/mol. The van der Waals surface area contributed by atoms with Crippen molar-refractivity contribution in [2.24, 2.45) is 0 Å². The average molecular weight is 465 g/mol. The molecule has 0 bridgehead atoms. The summed E-state index contributed by atoms with van der Waals surface area (Å²) in [6.07, 6.45) is 4.37. The number of hydrogen-bond acceptors (Lipinski definition) is 5. The Bertz CT molecular complexity index is 1420. The zero-order valence-electron chi connectivity index (χ0n) is 16.6. The molecule has 0 saturated heterocycles. The lowest BCUT2D eigenvalue weighted by Crippen LogP contribution is -2.14. The van der Waals surface area contributed by atoms with Gasteiger partial charge in [-0.25, -0.2) is 13.4 Å². The van der Waals surface area contributed by atoms with E-state index >= 15 is 0 Å². The summed E-state index contributed by atoms with van der Waals surface area (Å²) in [5.74, 6) is -0.239. The summed E-state index contributed by atoms with van der Waals surface area (Å²) >= 11 is 5.92. The second-order valence-corrected chi connectivity index (χ2v) is 8.87. The molecule has 7 nitrogen and oxygen atoms in total. The van der Waals surface area contributed by atoms with Gasteiger partial charge in [-0.3, -0.25) is 14.5 Å². The van der Waals surface area contributed by atoms with Gasteiger partial charge in [-0.2, -0.15) is 0 Å². The molecule has 0 aliphatic rings. The molecular formula is C23H17ClN4O3S. The molecule has 0 spiro atoms. The molecule has 0 radical (unpaired) electrons. The fourth-order valence-corrected chi connectivity index (χ4v) is 4.07. The molecule has 160 valence electrons. The van der Waals surface area contributed by atoms with Crippen molar-refractivity contribution in [1.29, 1.82) is 0 Å². The van der Waals surface area contributed by atoms with Crippen LogP contribution in [0.2, 0.25) is 5.02 Å². The summed E-state index contributed by atoms with van der Waals surface area (Å²) in [7, 11) is -3.87. The third-order valence-corrected chi connectivity index (χ3v) is 6.00. The molecule has 1 aromatic heterocycles. The molecule has 3 aromatic carbocycles. The fourth-order valence-electron chi connectivity index (χ4n) is 2.89. The number of carbonyl (C=O) groups excluding carboxylic acids is 1. The Morgan fingerprint density at radius 3 is 2.44 bits per heavy atom. The molecule has 0 fully saturated rings. The van der Waals surface area contributed by atoms with E-state index < -0.39 is 10.0 Å². The van der Waals surface area contributed by atoms with Crippen LogP contribution in [0.15, 0.2) is 90.0 Å². The maximum absolute atomic E-state index is 12.7. The average Bonchev–Trinajstić information content (AvgIpc) is 2.78. The first-order valence-corrected chi connectivity index (χ1v) is 11.3. The third kappa shape index (κ3) is 5.29. The lowest BCUT2D eigenvalue weighted by Gasteiger charge is -2.09. The summed E-state index contributed by atoms with van der Waals surface area (Å²) < 4.78 is 27.8. The first kappa shape index (κ1) is 21.5. The number of nitrogens with one attached hydrogen (secondary N) is 2. The van der Waals surface area contributed by atoms with Crippen LogP contribution in [0.5, 0.6) is 0 Å². The van der Waals surface area contributed by atoms with Gasteiger partial charge >= 0.3 is 0 Å². The molecule has 9 heteroatoms. The van der Waals surface area contributed by atoms with Crippen molar-refractivity contribution in [3.8, 4) is 0 Å². The Labute approximate surface area is 189 Å². The van der Waals surface area contributed by atoms with Crippen LogP contribution in [0.25, 0.3) is 17.1 Å². The number of nitrogens with zero attached hydrogens (tertiary/aromatic N) is 2. The Morgan fingerprint density at radius 2 is 1.69 bits per heavy atom. The van der Waals surface area contributed by atoms with Crippen LogP contribution in [0, 0.1) is 0 Å². The van der Waals surface area contributed by atoms with Gasteiger partial charge < -0.3 is 5.32 Å². The molecule has 0 aliphatic carbocycles. The van der Waals surface area contributed by atoms with Gasteiger partial charge in [0.1, 0.15) is 0 Å². The van der Waals surface area contributed by atoms with Gasteiger partial charge in [-0.05, 0) is 60.2 Å². The number of para-hydroxylation sites is 2. The highest BCUT2D eigenvalue weighted by Crippen LogP contribution is 2.19. The molecule has 32 heavy (non-hydrogen) atoms. The van der Waals surface area contributed by atoms with Crippen LogP contribution in [-0.2, 0) is 14.8 Å². The highest BCUT2D eigenvalue weighted by atomic mass is 35.5. The van der Waals surface area contributed by atoms with Crippen molar-refractivity contribution in [2.75, 3.05) is 10.0 Å². The summed E-state index contributed by atoms with van der Waals surface area (Å²) in [6.45, 7) is 0. The second kappa shape index (κ2) is 9.17. The normalized spacial score (nSPS) is 11.5. The SMILES string of the molecule is O=C(C=Cc1cccc(Cl)c1)Nc1ccc(S(=O)(=O)Nc2cnc3ccccc3n2)cc1. The smallest absolute Gasteiger partial charge is 0.263 e. The zero-order valence-corrected chi connectivity index (χ0v) is 18.1. The standard InChI is InChI=1S/C23H17ClN4O3S/c24-17-5-3-4-16(14-17)8-13-23(29)26-18-9-11-19(12-10-18)32(30,31)28-22-15-25-20-6-1-2-7-21(20)27-22/h1-15H,(H,26,29)(H,27,28). The Kier molecular flexibility index (Phi) is 6.16. The van der Waals surface area contributed by atoms with E-state index in [1.807, 2.05) is 12.1 Å². The van der Waals surface area contributed by atoms with Crippen LogP contribution >= 0.6 is 11.6 Å². The first-order chi connectivity index (χ1) is 15.4. The fraction of sp³-hybridized carbons (Fsp3) is 0. The second-order valence-electron chi connectivity index (χ2n) is 6.75. The largest absolute Gasteiger partial charge is 0.323 e. The van der Waals surface area contributed by atoms with E-state index in [4.69, 9.17) is 11.6 Å². The highest BCUT2D eigenvalue weighted by molar-refractivity contribution is 7.92. The summed E-state index contributed by atoms with van der Waals surface area (Å²) in [5.41, 5.74) is 2.49. The Morgan fingerprint density at radius 1 is 0.938 bits per heavy atom. The van der Waals surface area contributed by atoms with Gasteiger partial charge in [0.2, 0.25) is 5.91 Å². The maximum atomic E-state index is 12.7. The highest BCUT2D eigenvalue weighted by Gasteiger charge is 2.15. The number of sulfonamides is 1. The van der Waals surface area contributed by atoms with E-state index in [-0.39, 0.29) is 16.6 Å². The van der Waals surface area contributed by atoms with Gasteiger partial charge in [0.15, 0.2) is 5.82 Å². The van der Waals surface area contributed by atoms with Crippen LogP contribution in [-0.4, -0.2) is 24.3 Å². The lowest BCUT2D eigenvalue weighted by molar-refractivity contribution is -0.111. The number of fused-ring (bicyclic) bond motifs is 1. The van der Waals surface area contributed by atoms with Crippen LogP contribution in [0.1, 0.15) is 5.56 Å². The molecule has 2 N–H and O–H groups in total. The van der Waals surface area contributed by atoms with Crippen molar-refractivity contribution in [3.05, 3.63) is 95.7 Å². The minimum absolute atomic E-state index is 0.0277.